The predicted octanol–water partition coefficient (Wildman–Crippen LogP) is 3.97. The first-order valence-electron chi connectivity index (χ1n) is 5.36. The summed E-state index contributed by atoms with van der Waals surface area (Å²) in [6, 6.07) is 14.2. The van der Waals surface area contributed by atoms with Crippen LogP contribution in [0.5, 0.6) is 5.75 Å². The largest absolute Gasteiger partial charge is 0.494 e. The molecule has 0 aliphatic heterocycles. The Bertz CT molecular complexity index is 646. The van der Waals surface area contributed by atoms with Gasteiger partial charge in [0, 0.05) is 5.39 Å². The highest BCUT2D eigenvalue weighted by molar-refractivity contribution is 7.13. The molecule has 0 spiro atoms. The van der Waals surface area contributed by atoms with E-state index in [1.807, 2.05) is 30.3 Å². The second-order valence-electron chi connectivity index (χ2n) is 3.71. The third kappa shape index (κ3) is 1.78. The summed E-state index contributed by atoms with van der Waals surface area (Å²) in [5.74, 6) is 0.820. The molecule has 2 heterocycles. The lowest BCUT2D eigenvalue weighted by molar-refractivity contribution is 0.419. The maximum atomic E-state index is 5.34. The van der Waals surface area contributed by atoms with Crippen LogP contribution in [0, 0.1) is 0 Å². The summed E-state index contributed by atoms with van der Waals surface area (Å²) >= 11 is 1.69. The molecule has 0 aliphatic rings. The Morgan fingerprint density at radius 1 is 1.06 bits per heavy atom. The number of rotatable bonds is 2. The summed E-state index contributed by atoms with van der Waals surface area (Å²) < 4.78 is 5.34. The minimum Gasteiger partial charge on any atom is -0.494 e. The van der Waals surface area contributed by atoms with Gasteiger partial charge in [0.05, 0.1) is 17.7 Å². The van der Waals surface area contributed by atoms with Crippen molar-refractivity contribution in [1.82, 2.24) is 4.98 Å². The molecule has 0 radical (unpaired) electrons. The van der Waals surface area contributed by atoms with Gasteiger partial charge in [0.2, 0.25) is 0 Å². The van der Waals surface area contributed by atoms with Crippen LogP contribution in [-0.4, -0.2) is 12.1 Å². The van der Waals surface area contributed by atoms with Crippen LogP contribution in [0.15, 0.2) is 47.8 Å². The quantitative estimate of drug-likeness (QED) is 0.677. The van der Waals surface area contributed by atoms with Crippen LogP contribution >= 0.6 is 11.3 Å². The van der Waals surface area contributed by atoms with Gasteiger partial charge in [0.15, 0.2) is 0 Å². The third-order valence-corrected chi connectivity index (χ3v) is 3.57. The van der Waals surface area contributed by atoms with Gasteiger partial charge in [-0.2, -0.15) is 0 Å². The molecule has 0 amide bonds. The van der Waals surface area contributed by atoms with Crippen LogP contribution in [0.3, 0.4) is 0 Å². The van der Waals surface area contributed by atoms with Gasteiger partial charge >= 0.3 is 0 Å². The molecule has 84 valence electrons. The van der Waals surface area contributed by atoms with Crippen LogP contribution < -0.4 is 4.74 Å². The number of hydrogen-bond donors (Lipinski definition) is 0. The van der Waals surface area contributed by atoms with Crippen LogP contribution in [0.2, 0.25) is 0 Å². The number of nitrogens with zero attached hydrogens (tertiary/aromatic N) is 1. The summed E-state index contributed by atoms with van der Waals surface area (Å²) in [6.45, 7) is 0. The summed E-state index contributed by atoms with van der Waals surface area (Å²) in [5.41, 5.74) is 1.91. The summed E-state index contributed by atoms with van der Waals surface area (Å²) in [7, 11) is 1.67. The van der Waals surface area contributed by atoms with Crippen molar-refractivity contribution in [3.05, 3.63) is 47.8 Å². The molecule has 3 heteroatoms. The minimum absolute atomic E-state index is 0.820. The maximum absolute atomic E-state index is 5.34. The van der Waals surface area contributed by atoms with Gasteiger partial charge < -0.3 is 4.74 Å². The van der Waals surface area contributed by atoms with E-state index in [1.165, 1.54) is 4.88 Å². The number of fused-ring (bicyclic) bond motifs is 1. The van der Waals surface area contributed by atoms with Crippen LogP contribution in [0.25, 0.3) is 21.5 Å². The lowest BCUT2D eigenvalue weighted by Crippen LogP contribution is -1.88. The first-order valence-corrected chi connectivity index (χ1v) is 6.24. The van der Waals surface area contributed by atoms with Gasteiger partial charge in [-0.25, -0.2) is 4.98 Å². The molecular formula is C14H11NOS. The number of benzene rings is 1. The van der Waals surface area contributed by atoms with Gasteiger partial charge in [0.25, 0.3) is 0 Å². The average molecular weight is 241 g/mol. The highest BCUT2D eigenvalue weighted by atomic mass is 32.1. The molecule has 0 aliphatic carbocycles. The van der Waals surface area contributed by atoms with E-state index in [9.17, 15) is 0 Å². The first-order chi connectivity index (χ1) is 8.38. The molecular weight excluding hydrogens is 230 g/mol. The molecule has 3 rings (SSSR count). The fourth-order valence-corrected chi connectivity index (χ4v) is 2.54. The van der Waals surface area contributed by atoms with Crippen molar-refractivity contribution in [3.63, 3.8) is 0 Å². The monoisotopic (exact) mass is 241 g/mol. The first kappa shape index (κ1) is 10.3. The van der Waals surface area contributed by atoms with Crippen LogP contribution in [0.1, 0.15) is 0 Å². The van der Waals surface area contributed by atoms with Crippen molar-refractivity contribution in [2.24, 2.45) is 0 Å². The Labute approximate surface area is 104 Å². The van der Waals surface area contributed by atoms with E-state index >= 15 is 0 Å². The molecule has 0 fully saturated rings. The van der Waals surface area contributed by atoms with Crippen molar-refractivity contribution in [2.75, 3.05) is 7.11 Å². The number of aromatic nitrogens is 1. The Balaban J connectivity index is 2.24. The third-order valence-electron chi connectivity index (χ3n) is 2.68. The predicted molar refractivity (Wildman–Crippen MR) is 71.6 cm³/mol. The highest BCUT2D eigenvalue weighted by Crippen LogP contribution is 2.28. The smallest absolute Gasteiger partial charge is 0.145 e. The fourth-order valence-electron chi connectivity index (χ4n) is 1.85. The molecule has 3 aromatic rings. The van der Waals surface area contributed by atoms with Gasteiger partial charge in [-0.15, -0.1) is 11.3 Å². The van der Waals surface area contributed by atoms with Crippen molar-refractivity contribution in [2.45, 2.75) is 0 Å². The molecule has 0 bridgehead atoms. The van der Waals surface area contributed by atoms with E-state index in [4.69, 9.17) is 4.74 Å². The summed E-state index contributed by atoms with van der Waals surface area (Å²) in [6.07, 6.45) is 0. The van der Waals surface area contributed by atoms with Crippen LogP contribution in [0.4, 0.5) is 0 Å². The van der Waals surface area contributed by atoms with Crippen molar-refractivity contribution < 1.29 is 4.74 Å². The van der Waals surface area contributed by atoms with E-state index in [0.717, 1.165) is 22.3 Å². The summed E-state index contributed by atoms with van der Waals surface area (Å²) in [4.78, 5) is 5.85. The van der Waals surface area contributed by atoms with Gasteiger partial charge in [-0.1, -0.05) is 24.3 Å². The van der Waals surface area contributed by atoms with Crippen molar-refractivity contribution in [3.8, 4) is 16.3 Å². The standard InChI is InChI=1S/C14H11NOS/c1-16-12-5-2-4-10-7-8-11(15-14(10)12)13-6-3-9-17-13/h2-9H,1H3. The Morgan fingerprint density at radius 2 is 2.00 bits per heavy atom. The molecule has 0 saturated carbocycles. The number of ether oxygens (including phenoxy) is 1. The van der Waals surface area contributed by atoms with Crippen molar-refractivity contribution >= 4 is 22.2 Å². The normalized spacial score (nSPS) is 10.6. The average Bonchev–Trinajstić information content (AvgIpc) is 2.91. The molecule has 2 aromatic heterocycles. The Hall–Kier alpha value is -1.87. The highest BCUT2D eigenvalue weighted by Gasteiger charge is 2.05. The minimum atomic E-state index is 0.820. The van der Waals surface area contributed by atoms with Gasteiger partial charge in [-0.3, -0.25) is 0 Å². The lowest BCUT2D eigenvalue weighted by atomic mass is 10.2. The number of hydrogen-bond acceptors (Lipinski definition) is 3. The fraction of sp³-hybridized carbons (Fsp3) is 0.0714. The van der Waals surface area contributed by atoms with E-state index in [2.05, 4.69) is 22.5 Å². The molecule has 0 saturated heterocycles. The SMILES string of the molecule is COc1cccc2ccc(-c3cccs3)nc12. The van der Waals surface area contributed by atoms with Crippen molar-refractivity contribution in [1.29, 1.82) is 0 Å². The van der Waals surface area contributed by atoms with E-state index in [1.54, 1.807) is 18.4 Å². The molecule has 1 aromatic carbocycles. The van der Waals surface area contributed by atoms with Gasteiger partial charge in [-0.05, 0) is 23.6 Å². The Kier molecular flexibility index (Phi) is 2.53. The molecule has 0 atom stereocenters. The molecule has 17 heavy (non-hydrogen) atoms. The van der Waals surface area contributed by atoms with Gasteiger partial charge in [0.1, 0.15) is 11.3 Å². The number of pyridine rings is 1. The zero-order chi connectivity index (χ0) is 11.7. The second-order valence-corrected chi connectivity index (χ2v) is 4.65. The zero-order valence-corrected chi connectivity index (χ0v) is 10.2. The Morgan fingerprint density at radius 3 is 2.76 bits per heavy atom. The van der Waals surface area contributed by atoms with E-state index in [0.29, 0.717) is 0 Å². The zero-order valence-electron chi connectivity index (χ0n) is 9.38. The molecule has 0 unspecified atom stereocenters. The maximum Gasteiger partial charge on any atom is 0.145 e. The molecule has 0 N–H and O–H groups in total. The lowest BCUT2D eigenvalue weighted by Gasteiger charge is -2.05. The molecule has 2 nitrogen and oxygen atoms in total. The second kappa shape index (κ2) is 4.18. The summed E-state index contributed by atoms with van der Waals surface area (Å²) in [5, 5.41) is 3.16. The van der Waals surface area contributed by atoms with E-state index < -0.39 is 0 Å². The van der Waals surface area contributed by atoms with E-state index in [-0.39, 0.29) is 0 Å². The topological polar surface area (TPSA) is 22.1 Å². The van der Waals surface area contributed by atoms with Crippen LogP contribution in [-0.2, 0) is 0 Å². The number of methoxy groups -OCH3 is 1. The number of thiophene rings is 1. The number of para-hydroxylation sites is 1.